The van der Waals surface area contributed by atoms with E-state index in [1.807, 2.05) is 0 Å². The summed E-state index contributed by atoms with van der Waals surface area (Å²) in [5, 5.41) is 0. The van der Waals surface area contributed by atoms with Gasteiger partial charge >= 0.3 is 5.97 Å². The summed E-state index contributed by atoms with van der Waals surface area (Å²) in [6, 6.07) is 6.72. The van der Waals surface area contributed by atoms with Gasteiger partial charge in [0.15, 0.2) is 0 Å². The van der Waals surface area contributed by atoms with Crippen LogP contribution in [0.2, 0.25) is 0 Å². The number of methoxy groups -OCH3 is 1. The molecule has 0 aliphatic carbocycles. The Hall–Kier alpha value is -0.940. The maximum atomic E-state index is 11.2. The molecule has 0 saturated heterocycles. The van der Waals surface area contributed by atoms with Gasteiger partial charge in [0, 0.05) is 4.90 Å². The van der Waals surface area contributed by atoms with E-state index in [4.69, 9.17) is 0 Å². The monoisotopic (exact) mass is 228 g/mol. The van der Waals surface area contributed by atoms with Crippen molar-refractivity contribution in [1.82, 2.24) is 0 Å². The number of rotatable bonds is 2. The highest BCUT2D eigenvalue weighted by atomic mass is 32.2. The van der Waals surface area contributed by atoms with Crippen molar-refractivity contribution in [2.75, 3.05) is 7.11 Å². The van der Waals surface area contributed by atoms with Crippen molar-refractivity contribution in [3.63, 3.8) is 0 Å². The van der Waals surface area contributed by atoms with Crippen molar-refractivity contribution in [3.8, 4) is 0 Å². The van der Waals surface area contributed by atoms with E-state index in [0.717, 1.165) is 11.8 Å². The zero-order chi connectivity index (χ0) is 10.6. The zero-order valence-corrected chi connectivity index (χ0v) is 9.10. The SMILES string of the molecule is COC(=O)c1ccccc1SC(=O)S. The highest BCUT2D eigenvalue weighted by molar-refractivity contribution is 8.32. The van der Waals surface area contributed by atoms with Crippen molar-refractivity contribution >= 4 is 34.8 Å². The molecule has 0 heterocycles. The van der Waals surface area contributed by atoms with Crippen molar-refractivity contribution in [2.45, 2.75) is 4.90 Å². The molecule has 3 nitrogen and oxygen atoms in total. The summed E-state index contributed by atoms with van der Waals surface area (Å²) in [6.45, 7) is 0. The second-order valence-corrected chi connectivity index (χ2v) is 4.08. The normalized spacial score (nSPS) is 9.57. The average Bonchev–Trinajstić information content (AvgIpc) is 2.16. The Morgan fingerprint density at radius 3 is 2.57 bits per heavy atom. The first-order valence-electron chi connectivity index (χ1n) is 3.73. The highest BCUT2D eigenvalue weighted by Gasteiger charge is 2.12. The minimum atomic E-state index is -0.456. The minimum absolute atomic E-state index is 0.360. The molecule has 1 aromatic carbocycles. The minimum Gasteiger partial charge on any atom is -0.465 e. The third-order valence-electron chi connectivity index (χ3n) is 1.49. The lowest BCUT2D eigenvalue weighted by molar-refractivity contribution is 0.0597. The Kier molecular flexibility index (Phi) is 4.03. The van der Waals surface area contributed by atoms with Gasteiger partial charge < -0.3 is 4.74 Å². The summed E-state index contributed by atoms with van der Waals surface area (Å²) >= 11 is 4.52. The van der Waals surface area contributed by atoms with Gasteiger partial charge in [-0.25, -0.2) is 4.79 Å². The highest BCUT2D eigenvalue weighted by Crippen LogP contribution is 2.25. The third-order valence-corrected chi connectivity index (χ3v) is 2.51. The fourth-order valence-corrected chi connectivity index (χ4v) is 1.82. The van der Waals surface area contributed by atoms with Gasteiger partial charge in [0.25, 0.3) is 0 Å². The summed E-state index contributed by atoms with van der Waals surface area (Å²) in [6.07, 6.45) is 0. The molecule has 0 bridgehead atoms. The topological polar surface area (TPSA) is 43.4 Å². The van der Waals surface area contributed by atoms with Crippen LogP contribution in [-0.2, 0) is 4.74 Å². The van der Waals surface area contributed by atoms with Crippen LogP contribution in [-0.4, -0.2) is 17.5 Å². The quantitative estimate of drug-likeness (QED) is 0.480. The van der Waals surface area contributed by atoms with Crippen LogP contribution in [0.5, 0.6) is 0 Å². The molecule has 0 aliphatic heterocycles. The van der Waals surface area contributed by atoms with Gasteiger partial charge in [-0.05, 0) is 23.9 Å². The number of carbonyl (C=O) groups is 2. The zero-order valence-electron chi connectivity index (χ0n) is 7.39. The maximum absolute atomic E-state index is 11.2. The van der Waals surface area contributed by atoms with Crippen molar-refractivity contribution in [3.05, 3.63) is 29.8 Å². The van der Waals surface area contributed by atoms with Crippen LogP contribution in [0.3, 0.4) is 0 Å². The van der Waals surface area contributed by atoms with Gasteiger partial charge in [0.05, 0.1) is 12.7 Å². The summed E-state index contributed by atoms with van der Waals surface area (Å²) in [4.78, 5) is 22.6. The van der Waals surface area contributed by atoms with Crippen molar-refractivity contribution in [2.24, 2.45) is 0 Å². The number of carbonyl (C=O) groups excluding carboxylic acids is 2. The Morgan fingerprint density at radius 1 is 1.36 bits per heavy atom. The summed E-state index contributed by atoms with van der Waals surface area (Å²) < 4.78 is 4.21. The lowest BCUT2D eigenvalue weighted by Gasteiger charge is -2.03. The lowest BCUT2D eigenvalue weighted by atomic mass is 10.2. The number of ether oxygens (including phenoxy) is 1. The molecule has 0 fully saturated rings. The van der Waals surface area contributed by atoms with Crippen LogP contribution >= 0.6 is 24.4 Å². The van der Waals surface area contributed by atoms with E-state index < -0.39 is 5.97 Å². The van der Waals surface area contributed by atoms with E-state index in [9.17, 15) is 9.59 Å². The molecule has 0 radical (unpaired) electrons. The molecular formula is C9H8O3S2. The first kappa shape index (κ1) is 11.1. The molecular weight excluding hydrogens is 220 g/mol. The molecule has 0 aliphatic rings. The van der Waals surface area contributed by atoms with Gasteiger partial charge in [0.2, 0.25) is 4.45 Å². The van der Waals surface area contributed by atoms with E-state index in [0.29, 0.717) is 10.5 Å². The number of thioether (sulfide) groups is 1. The Morgan fingerprint density at radius 2 is 2.00 bits per heavy atom. The van der Waals surface area contributed by atoms with Crippen molar-refractivity contribution < 1.29 is 14.3 Å². The standard InChI is InChI=1S/C9H8O3S2/c1-12-8(10)6-4-2-3-5-7(6)14-9(11)13/h2-5H,1H3,(H,11,13). The molecule has 0 atom stereocenters. The van der Waals surface area contributed by atoms with Crippen molar-refractivity contribution in [1.29, 1.82) is 0 Å². The van der Waals surface area contributed by atoms with Crippen LogP contribution in [0.25, 0.3) is 0 Å². The molecule has 0 unspecified atom stereocenters. The molecule has 0 N–H and O–H groups in total. The molecule has 0 saturated carbocycles. The number of hydrogen-bond donors (Lipinski definition) is 1. The maximum Gasteiger partial charge on any atom is 0.339 e. The van der Waals surface area contributed by atoms with Crippen LogP contribution < -0.4 is 0 Å². The smallest absolute Gasteiger partial charge is 0.339 e. The van der Waals surface area contributed by atoms with E-state index in [-0.39, 0.29) is 4.45 Å². The van der Waals surface area contributed by atoms with E-state index in [2.05, 4.69) is 17.4 Å². The van der Waals surface area contributed by atoms with E-state index in [1.54, 1.807) is 24.3 Å². The Balaban J connectivity index is 3.02. The van der Waals surface area contributed by atoms with Crippen LogP contribution in [0.4, 0.5) is 4.79 Å². The van der Waals surface area contributed by atoms with Crippen LogP contribution in [0.15, 0.2) is 29.2 Å². The first-order chi connectivity index (χ1) is 6.65. The fourth-order valence-electron chi connectivity index (χ4n) is 0.928. The largest absolute Gasteiger partial charge is 0.465 e. The molecule has 1 rings (SSSR count). The number of thiol groups is 1. The number of esters is 1. The third kappa shape index (κ3) is 2.78. The molecule has 74 valence electrons. The van der Waals surface area contributed by atoms with Gasteiger partial charge in [-0.2, -0.15) is 0 Å². The molecule has 14 heavy (non-hydrogen) atoms. The molecule has 0 spiro atoms. The first-order valence-corrected chi connectivity index (χ1v) is 4.99. The van der Waals surface area contributed by atoms with Gasteiger partial charge in [-0.3, -0.25) is 4.79 Å². The summed E-state index contributed by atoms with van der Waals surface area (Å²) in [5.41, 5.74) is 0.377. The Bertz CT molecular complexity index is 363. The van der Waals surface area contributed by atoms with Gasteiger partial charge in [0.1, 0.15) is 0 Å². The molecule has 1 aromatic rings. The predicted octanol–water partition coefficient (Wildman–Crippen LogP) is 2.62. The summed E-state index contributed by atoms with van der Waals surface area (Å²) in [7, 11) is 1.30. The Labute approximate surface area is 91.2 Å². The van der Waals surface area contributed by atoms with Gasteiger partial charge in [-0.15, -0.1) is 0 Å². The molecule has 0 aromatic heterocycles. The van der Waals surface area contributed by atoms with Crippen LogP contribution in [0, 0.1) is 0 Å². The van der Waals surface area contributed by atoms with Crippen LogP contribution in [0.1, 0.15) is 10.4 Å². The number of benzene rings is 1. The molecule has 5 heteroatoms. The summed E-state index contributed by atoms with van der Waals surface area (Å²) in [5.74, 6) is -0.456. The second-order valence-electron chi connectivity index (χ2n) is 2.36. The van der Waals surface area contributed by atoms with E-state index >= 15 is 0 Å². The number of hydrogen-bond acceptors (Lipinski definition) is 4. The second kappa shape index (κ2) is 5.07. The van der Waals surface area contributed by atoms with E-state index in [1.165, 1.54) is 7.11 Å². The molecule has 0 amide bonds. The van der Waals surface area contributed by atoms with Gasteiger partial charge in [-0.1, -0.05) is 24.8 Å². The predicted molar refractivity (Wildman–Crippen MR) is 58.0 cm³/mol. The fraction of sp³-hybridized carbons (Fsp3) is 0.111. The lowest BCUT2D eigenvalue weighted by Crippen LogP contribution is -2.02. The average molecular weight is 228 g/mol.